The van der Waals surface area contributed by atoms with Crippen LogP contribution in [0.3, 0.4) is 0 Å². The molecule has 0 aliphatic rings. The average Bonchev–Trinajstić information content (AvgIpc) is 2.67. The van der Waals surface area contributed by atoms with Crippen molar-refractivity contribution < 1.29 is 9.47 Å². The Balaban J connectivity index is 1.50. The predicted molar refractivity (Wildman–Crippen MR) is 95.4 cm³/mol. The lowest BCUT2D eigenvalue weighted by molar-refractivity contribution is 0.306. The molecule has 3 rings (SSSR count). The first-order valence-corrected chi connectivity index (χ1v) is 8.08. The number of pyridine rings is 1. The van der Waals surface area contributed by atoms with E-state index in [2.05, 4.69) is 35.3 Å². The summed E-state index contributed by atoms with van der Waals surface area (Å²) < 4.78 is 10.9. The summed E-state index contributed by atoms with van der Waals surface area (Å²) >= 11 is 0. The van der Waals surface area contributed by atoms with Gasteiger partial charge in [0.05, 0.1) is 7.11 Å². The molecular formula is C21H21NO2. The minimum atomic E-state index is 0.595. The molecule has 122 valence electrons. The summed E-state index contributed by atoms with van der Waals surface area (Å²) in [7, 11) is 1.63. The highest BCUT2D eigenvalue weighted by Crippen LogP contribution is 2.16. The van der Waals surface area contributed by atoms with Crippen LogP contribution in [-0.2, 0) is 19.4 Å². The van der Waals surface area contributed by atoms with Crippen LogP contribution >= 0.6 is 0 Å². The van der Waals surface area contributed by atoms with Crippen molar-refractivity contribution >= 4 is 0 Å². The molecule has 0 aliphatic heterocycles. The third-order valence-corrected chi connectivity index (χ3v) is 3.88. The smallest absolute Gasteiger partial charge is 0.212 e. The summed E-state index contributed by atoms with van der Waals surface area (Å²) in [5.41, 5.74) is 3.67. The lowest BCUT2D eigenvalue weighted by Gasteiger charge is -2.08. The van der Waals surface area contributed by atoms with Gasteiger partial charge in [0.25, 0.3) is 0 Å². The molecule has 24 heavy (non-hydrogen) atoms. The molecule has 0 saturated heterocycles. The molecule has 0 bridgehead atoms. The maximum absolute atomic E-state index is 5.81. The van der Waals surface area contributed by atoms with Crippen molar-refractivity contribution in [3.8, 4) is 11.6 Å². The lowest BCUT2D eigenvalue weighted by atomic mass is 10.1. The number of ether oxygens (including phenoxy) is 2. The van der Waals surface area contributed by atoms with E-state index in [1.807, 2.05) is 42.6 Å². The highest BCUT2D eigenvalue weighted by atomic mass is 16.5. The molecule has 1 heterocycles. The summed E-state index contributed by atoms with van der Waals surface area (Å²) in [4.78, 5) is 4.23. The topological polar surface area (TPSA) is 31.4 Å². The lowest BCUT2D eigenvalue weighted by Crippen LogP contribution is -1.96. The van der Waals surface area contributed by atoms with Gasteiger partial charge in [-0.25, -0.2) is 4.98 Å². The molecule has 2 aromatic carbocycles. The summed E-state index contributed by atoms with van der Waals surface area (Å²) in [6, 6.07) is 22.5. The molecule has 0 spiro atoms. The van der Waals surface area contributed by atoms with Crippen LogP contribution in [0.4, 0.5) is 0 Å². The standard InChI is InChI=1S/C21H21NO2/c1-23-21-14-11-18(15-22-21)8-7-17-9-12-20(13-10-17)24-16-19-5-3-2-4-6-19/h2-6,9-15H,7-8,16H2,1H3. The van der Waals surface area contributed by atoms with E-state index in [0.717, 1.165) is 18.6 Å². The second-order valence-electron chi connectivity index (χ2n) is 5.63. The highest BCUT2D eigenvalue weighted by Gasteiger charge is 2.00. The van der Waals surface area contributed by atoms with Crippen molar-refractivity contribution in [2.45, 2.75) is 19.4 Å². The molecule has 0 amide bonds. The van der Waals surface area contributed by atoms with Gasteiger partial charge in [-0.05, 0) is 41.7 Å². The molecule has 3 nitrogen and oxygen atoms in total. The van der Waals surface area contributed by atoms with Crippen molar-refractivity contribution in [2.75, 3.05) is 7.11 Å². The van der Waals surface area contributed by atoms with Crippen molar-refractivity contribution in [3.05, 3.63) is 89.6 Å². The van der Waals surface area contributed by atoms with Gasteiger partial charge >= 0.3 is 0 Å². The van der Waals surface area contributed by atoms with Gasteiger partial charge in [-0.1, -0.05) is 48.5 Å². The Kier molecular flexibility index (Phi) is 5.46. The Morgan fingerprint density at radius 2 is 1.46 bits per heavy atom. The van der Waals surface area contributed by atoms with Crippen molar-refractivity contribution in [1.82, 2.24) is 4.98 Å². The first-order chi connectivity index (χ1) is 11.8. The fourth-order valence-electron chi connectivity index (χ4n) is 2.46. The van der Waals surface area contributed by atoms with Crippen molar-refractivity contribution in [2.24, 2.45) is 0 Å². The Labute approximate surface area is 142 Å². The number of rotatable bonds is 7. The van der Waals surface area contributed by atoms with Gasteiger partial charge in [-0.3, -0.25) is 0 Å². The molecule has 1 aromatic heterocycles. The first-order valence-electron chi connectivity index (χ1n) is 8.08. The van der Waals surface area contributed by atoms with E-state index in [0.29, 0.717) is 12.5 Å². The zero-order chi connectivity index (χ0) is 16.6. The summed E-state index contributed by atoms with van der Waals surface area (Å²) in [6.07, 6.45) is 3.81. The second kappa shape index (κ2) is 8.16. The van der Waals surface area contributed by atoms with E-state index in [4.69, 9.17) is 9.47 Å². The van der Waals surface area contributed by atoms with Crippen LogP contribution in [-0.4, -0.2) is 12.1 Å². The Morgan fingerprint density at radius 3 is 2.12 bits per heavy atom. The quantitative estimate of drug-likeness (QED) is 0.644. The Morgan fingerprint density at radius 1 is 0.750 bits per heavy atom. The zero-order valence-corrected chi connectivity index (χ0v) is 13.8. The monoisotopic (exact) mass is 319 g/mol. The van der Waals surface area contributed by atoms with Gasteiger partial charge in [0.1, 0.15) is 12.4 Å². The molecule has 0 radical (unpaired) electrons. The Bertz CT molecular complexity index is 737. The van der Waals surface area contributed by atoms with Crippen LogP contribution in [0.25, 0.3) is 0 Å². The van der Waals surface area contributed by atoms with Gasteiger partial charge in [0.2, 0.25) is 5.88 Å². The average molecular weight is 319 g/mol. The highest BCUT2D eigenvalue weighted by molar-refractivity contribution is 5.29. The number of hydrogen-bond donors (Lipinski definition) is 0. The maximum Gasteiger partial charge on any atom is 0.212 e. The van der Waals surface area contributed by atoms with Crippen LogP contribution in [0.2, 0.25) is 0 Å². The van der Waals surface area contributed by atoms with Crippen molar-refractivity contribution in [1.29, 1.82) is 0 Å². The number of hydrogen-bond acceptors (Lipinski definition) is 3. The van der Waals surface area contributed by atoms with E-state index in [1.54, 1.807) is 7.11 Å². The van der Waals surface area contributed by atoms with Gasteiger partial charge < -0.3 is 9.47 Å². The van der Waals surface area contributed by atoms with Crippen LogP contribution in [0.15, 0.2) is 72.9 Å². The number of nitrogens with zero attached hydrogens (tertiary/aromatic N) is 1. The van der Waals surface area contributed by atoms with Crippen LogP contribution < -0.4 is 9.47 Å². The fraction of sp³-hybridized carbons (Fsp3) is 0.190. The molecule has 0 aliphatic carbocycles. The second-order valence-corrected chi connectivity index (χ2v) is 5.63. The molecule has 0 N–H and O–H groups in total. The normalized spacial score (nSPS) is 10.4. The Hall–Kier alpha value is -2.81. The molecule has 0 fully saturated rings. The van der Waals surface area contributed by atoms with E-state index < -0.39 is 0 Å². The van der Waals surface area contributed by atoms with Crippen LogP contribution in [0.1, 0.15) is 16.7 Å². The van der Waals surface area contributed by atoms with Crippen molar-refractivity contribution in [3.63, 3.8) is 0 Å². The number of methoxy groups -OCH3 is 1. The van der Waals surface area contributed by atoms with Gasteiger partial charge in [-0.15, -0.1) is 0 Å². The van der Waals surface area contributed by atoms with Gasteiger partial charge in [0.15, 0.2) is 0 Å². The van der Waals surface area contributed by atoms with Gasteiger partial charge in [-0.2, -0.15) is 0 Å². The molecule has 0 atom stereocenters. The molecular weight excluding hydrogens is 298 g/mol. The third kappa shape index (κ3) is 4.59. The summed E-state index contributed by atoms with van der Waals surface area (Å²) in [5, 5.41) is 0. The zero-order valence-electron chi connectivity index (χ0n) is 13.8. The largest absolute Gasteiger partial charge is 0.489 e. The third-order valence-electron chi connectivity index (χ3n) is 3.88. The molecule has 0 unspecified atom stereocenters. The number of benzene rings is 2. The summed E-state index contributed by atoms with van der Waals surface area (Å²) in [6.45, 7) is 0.595. The van der Waals surface area contributed by atoms with E-state index in [9.17, 15) is 0 Å². The number of aromatic nitrogens is 1. The minimum Gasteiger partial charge on any atom is -0.489 e. The molecule has 3 aromatic rings. The summed E-state index contributed by atoms with van der Waals surface area (Å²) in [5.74, 6) is 1.55. The molecule has 3 heteroatoms. The van der Waals surface area contributed by atoms with E-state index in [-0.39, 0.29) is 0 Å². The molecule has 0 saturated carbocycles. The first kappa shape index (κ1) is 16.1. The minimum absolute atomic E-state index is 0.595. The van der Waals surface area contributed by atoms with E-state index >= 15 is 0 Å². The SMILES string of the molecule is COc1ccc(CCc2ccc(OCc3ccccc3)cc2)cn1. The van der Waals surface area contributed by atoms with Crippen LogP contribution in [0, 0.1) is 0 Å². The predicted octanol–water partition coefficient (Wildman–Crippen LogP) is 4.45. The van der Waals surface area contributed by atoms with Gasteiger partial charge in [0, 0.05) is 12.3 Å². The number of aryl methyl sites for hydroxylation is 2. The fourth-order valence-corrected chi connectivity index (χ4v) is 2.46. The van der Waals surface area contributed by atoms with Crippen LogP contribution in [0.5, 0.6) is 11.6 Å². The maximum atomic E-state index is 5.81. The van der Waals surface area contributed by atoms with E-state index in [1.165, 1.54) is 16.7 Å².